The molecule has 5 rings (SSSR count). The highest BCUT2D eigenvalue weighted by molar-refractivity contribution is 5.63. The van der Waals surface area contributed by atoms with E-state index in [-0.39, 0.29) is 49.0 Å². The van der Waals surface area contributed by atoms with Gasteiger partial charge in [0.25, 0.3) is 0 Å². The van der Waals surface area contributed by atoms with E-state index in [2.05, 4.69) is 19.0 Å². The third-order valence-corrected chi connectivity index (χ3v) is 11.0. The minimum atomic E-state index is -0.928. The van der Waals surface area contributed by atoms with Gasteiger partial charge in [-0.05, 0) is 70.6 Å². The summed E-state index contributed by atoms with van der Waals surface area (Å²) in [6, 6.07) is 0. The molecule has 10 atom stereocenters. The number of nitrogens with zero attached hydrogens (tertiary/aromatic N) is 1. The Bertz CT molecular complexity index is 869. The summed E-state index contributed by atoms with van der Waals surface area (Å²) in [6.07, 6.45) is 6.72. The number of hydrogen-bond acceptors (Lipinski definition) is 9. The van der Waals surface area contributed by atoms with Crippen LogP contribution in [0.15, 0.2) is 5.16 Å². The van der Waals surface area contributed by atoms with Gasteiger partial charge in [0.2, 0.25) is 0 Å². The lowest BCUT2D eigenvalue weighted by molar-refractivity contribution is -0.405. The first kappa shape index (κ1) is 27.7. The fourth-order valence-electron chi connectivity index (χ4n) is 9.69. The fourth-order valence-corrected chi connectivity index (χ4v) is 9.69. The van der Waals surface area contributed by atoms with Crippen molar-refractivity contribution in [2.45, 2.75) is 102 Å². The highest BCUT2D eigenvalue weighted by atomic mass is 16.7. The van der Waals surface area contributed by atoms with Crippen molar-refractivity contribution in [2.75, 3.05) is 34.4 Å². The quantitative estimate of drug-likeness (QED) is 0.223. The van der Waals surface area contributed by atoms with Gasteiger partial charge in [0.15, 0.2) is 5.79 Å². The van der Waals surface area contributed by atoms with Gasteiger partial charge in [0.05, 0.1) is 35.4 Å². The van der Waals surface area contributed by atoms with Gasteiger partial charge in [0.1, 0.15) is 13.6 Å². The lowest BCUT2D eigenvalue weighted by Gasteiger charge is -2.71. The smallest absolute Gasteiger partial charge is 0.163 e. The van der Waals surface area contributed by atoms with Crippen molar-refractivity contribution in [3.05, 3.63) is 0 Å². The van der Waals surface area contributed by atoms with Crippen LogP contribution in [0.4, 0.5) is 0 Å². The molecule has 4 saturated carbocycles. The maximum Gasteiger partial charge on any atom is 0.163 e. The van der Waals surface area contributed by atoms with E-state index in [4.69, 9.17) is 28.4 Å². The van der Waals surface area contributed by atoms with Gasteiger partial charge >= 0.3 is 0 Å². The molecule has 0 aromatic rings. The topological polar surface area (TPSA) is 108 Å². The molecule has 0 bridgehead atoms. The van der Waals surface area contributed by atoms with E-state index in [1.807, 2.05) is 13.8 Å². The SMILES string of the molecule is COCOC1C[C@]2(C)[C@@H](/C=N/O)CC[C@]2(OCOC)C2CC[C@]3(O)C[C@@H](C)C[C@H]4OC(C)(C)OC[C@]43C12. The molecule has 1 heterocycles. The molecule has 0 aromatic carbocycles. The highest BCUT2D eigenvalue weighted by Gasteiger charge is 2.77. The molecular weight excluding hydrogens is 478 g/mol. The zero-order valence-electron chi connectivity index (χ0n) is 23.4. The first-order valence-electron chi connectivity index (χ1n) is 14.0. The molecule has 3 unspecified atom stereocenters. The Balaban J connectivity index is 1.67. The fraction of sp³-hybridized carbons (Fsp3) is 0.964. The standard InChI is InChI=1S/C28H47NO8/c1-18-11-22-27(15-35-24(2,3)37-22)23-20(8-9-26(27,30)12-18)28(36-17-33-6)10-7-19(14-29-31)25(28,4)13-21(23)34-16-32-5/h14,18-23,30-31H,7-13,15-17H2,1-6H3/b29-14+/t18-,19+,20?,21?,22+,23?,25+,26-,27+,28-/m0/s1. The summed E-state index contributed by atoms with van der Waals surface area (Å²) in [5.74, 6) is -0.333. The maximum absolute atomic E-state index is 12.5. The van der Waals surface area contributed by atoms with Crippen LogP contribution in [0.25, 0.3) is 0 Å². The van der Waals surface area contributed by atoms with Crippen LogP contribution in [-0.4, -0.2) is 80.1 Å². The molecule has 0 aromatic heterocycles. The predicted molar refractivity (Wildman–Crippen MR) is 135 cm³/mol. The molecule has 1 spiro atoms. The lowest BCUT2D eigenvalue weighted by atomic mass is 9.39. The number of methoxy groups -OCH3 is 2. The number of aliphatic hydroxyl groups is 1. The van der Waals surface area contributed by atoms with Crippen LogP contribution in [0.2, 0.25) is 0 Å². The van der Waals surface area contributed by atoms with Crippen LogP contribution in [0.1, 0.15) is 72.6 Å². The number of fused-ring (bicyclic) bond motifs is 3. The Morgan fingerprint density at radius 2 is 1.81 bits per heavy atom. The van der Waals surface area contributed by atoms with E-state index in [1.54, 1.807) is 20.4 Å². The van der Waals surface area contributed by atoms with Crippen molar-refractivity contribution in [3.63, 3.8) is 0 Å². The minimum absolute atomic E-state index is 0.0298. The van der Waals surface area contributed by atoms with Crippen molar-refractivity contribution in [1.29, 1.82) is 0 Å². The minimum Gasteiger partial charge on any atom is -0.411 e. The second-order valence-corrected chi connectivity index (χ2v) is 13.2. The van der Waals surface area contributed by atoms with Crippen molar-refractivity contribution in [2.24, 2.45) is 39.7 Å². The average Bonchev–Trinajstić information content (AvgIpc) is 3.11. The van der Waals surface area contributed by atoms with E-state index in [0.717, 1.165) is 32.1 Å². The molecular formula is C28H47NO8. The Labute approximate surface area is 221 Å². The van der Waals surface area contributed by atoms with E-state index in [1.165, 1.54) is 0 Å². The number of hydrogen-bond donors (Lipinski definition) is 2. The normalized spacial score (nSPS) is 50.8. The second kappa shape index (κ2) is 9.68. The molecule has 5 aliphatic rings. The summed E-state index contributed by atoms with van der Waals surface area (Å²) < 4.78 is 37.3. The summed E-state index contributed by atoms with van der Waals surface area (Å²) in [5, 5.41) is 25.5. The van der Waals surface area contributed by atoms with E-state index in [9.17, 15) is 10.3 Å². The zero-order chi connectivity index (χ0) is 26.7. The average molecular weight is 526 g/mol. The van der Waals surface area contributed by atoms with E-state index >= 15 is 0 Å². The summed E-state index contributed by atoms with van der Waals surface area (Å²) in [4.78, 5) is 0. The van der Waals surface area contributed by atoms with Gasteiger partial charge in [-0.1, -0.05) is 13.8 Å². The monoisotopic (exact) mass is 525 g/mol. The third-order valence-electron chi connectivity index (χ3n) is 11.0. The molecule has 0 radical (unpaired) electrons. The van der Waals surface area contributed by atoms with Crippen LogP contribution in [0.3, 0.4) is 0 Å². The largest absolute Gasteiger partial charge is 0.411 e. The molecule has 9 heteroatoms. The predicted octanol–water partition coefficient (Wildman–Crippen LogP) is 3.94. The Kier molecular flexibility index (Phi) is 7.26. The first-order valence-corrected chi connectivity index (χ1v) is 14.0. The van der Waals surface area contributed by atoms with Crippen molar-refractivity contribution in [1.82, 2.24) is 0 Å². The molecule has 0 amide bonds. The van der Waals surface area contributed by atoms with Crippen LogP contribution in [0.5, 0.6) is 0 Å². The number of ether oxygens (including phenoxy) is 6. The van der Waals surface area contributed by atoms with Gasteiger partial charge in [-0.3, -0.25) is 0 Å². The molecule has 2 N–H and O–H groups in total. The Morgan fingerprint density at radius 3 is 2.51 bits per heavy atom. The summed E-state index contributed by atoms with van der Waals surface area (Å²) in [6.45, 7) is 9.16. The summed E-state index contributed by atoms with van der Waals surface area (Å²) in [5.41, 5.74) is -2.44. The van der Waals surface area contributed by atoms with Gasteiger partial charge in [-0.15, -0.1) is 5.16 Å². The number of rotatable bonds is 7. The van der Waals surface area contributed by atoms with Gasteiger partial charge in [0, 0.05) is 37.7 Å². The molecule has 1 saturated heterocycles. The highest BCUT2D eigenvalue weighted by Crippen LogP contribution is 2.72. The van der Waals surface area contributed by atoms with Crippen molar-refractivity contribution >= 4 is 6.21 Å². The molecule has 5 fully saturated rings. The summed E-state index contributed by atoms with van der Waals surface area (Å²) >= 11 is 0. The second-order valence-electron chi connectivity index (χ2n) is 13.2. The third kappa shape index (κ3) is 3.94. The van der Waals surface area contributed by atoms with Crippen LogP contribution in [-0.2, 0) is 28.4 Å². The van der Waals surface area contributed by atoms with Crippen LogP contribution >= 0.6 is 0 Å². The molecule has 9 nitrogen and oxygen atoms in total. The van der Waals surface area contributed by atoms with Crippen molar-refractivity contribution in [3.8, 4) is 0 Å². The molecule has 212 valence electrons. The molecule has 4 aliphatic carbocycles. The maximum atomic E-state index is 12.5. The Morgan fingerprint density at radius 1 is 1.05 bits per heavy atom. The molecule has 37 heavy (non-hydrogen) atoms. The Hall–Kier alpha value is -0.810. The van der Waals surface area contributed by atoms with Gasteiger partial charge in [-0.25, -0.2) is 0 Å². The van der Waals surface area contributed by atoms with Gasteiger partial charge < -0.3 is 38.7 Å². The van der Waals surface area contributed by atoms with Crippen molar-refractivity contribution < 1.29 is 38.7 Å². The van der Waals surface area contributed by atoms with Crippen LogP contribution < -0.4 is 0 Å². The van der Waals surface area contributed by atoms with Gasteiger partial charge in [-0.2, -0.15) is 0 Å². The van der Waals surface area contributed by atoms with E-state index < -0.39 is 22.4 Å². The lowest BCUT2D eigenvalue weighted by Crippen LogP contribution is -2.78. The van der Waals surface area contributed by atoms with E-state index in [0.29, 0.717) is 25.4 Å². The number of oxime groups is 1. The first-order chi connectivity index (χ1) is 17.5. The summed E-state index contributed by atoms with van der Waals surface area (Å²) in [7, 11) is 3.29. The zero-order valence-corrected chi connectivity index (χ0v) is 23.4. The van der Waals surface area contributed by atoms with Crippen LogP contribution in [0, 0.1) is 34.5 Å². The molecule has 1 aliphatic heterocycles.